The molecule has 5 nitrogen and oxygen atoms in total. The fourth-order valence-corrected chi connectivity index (χ4v) is 6.55. The summed E-state index contributed by atoms with van der Waals surface area (Å²) in [6.07, 6.45) is 7.80. The molecule has 40 heavy (non-hydrogen) atoms. The second-order valence-corrected chi connectivity index (χ2v) is 13.1. The highest BCUT2D eigenvalue weighted by atomic mass is 16.5. The van der Waals surface area contributed by atoms with Crippen LogP contribution in [-0.2, 0) is 22.6 Å². The van der Waals surface area contributed by atoms with E-state index in [1.807, 2.05) is 18.2 Å². The molecule has 0 amide bonds. The number of ketones is 1. The molecule has 0 bridgehead atoms. The lowest BCUT2D eigenvalue weighted by molar-refractivity contribution is -0.119. The molecule has 0 spiro atoms. The molecular formula is C35H47N3O2. The average Bonchev–Trinajstić information content (AvgIpc) is 3.64. The Morgan fingerprint density at radius 1 is 1.02 bits per heavy atom. The zero-order valence-electron chi connectivity index (χ0n) is 25.1. The predicted octanol–water partition coefficient (Wildman–Crippen LogP) is 8.05. The van der Waals surface area contributed by atoms with E-state index in [9.17, 15) is 4.79 Å². The molecule has 2 aliphatic rings. The number of carbonyl (C=O) groups is 1. The van der Waals surface area contributed by atoms with Crippen molar-refractivity contribution in [3.8, 4) is 0 Å². The maximum Gasteiger partial charge on any atom is 0.138 e. The molecule has 2 aromatic carbocycles. The Morgan fingerprint density at radius 2 is 1.77 bits per heavy atom. The van der Waals surface area contributed by atoms with Crippen LogP contribution < -0.4 is 0 Å². The van der Waals surface area contributed by atoms with Crippen LogP contribution in [0, 0.1) is 25.7 Å². The summed E-state index contributed by atoms with van der Waals surface area (Å²) in [4.78, 5) is 13.5. The van der Waals surface area contributed by atoms with E-state index >= 15 is 0 Å². The molecule has 1 heterocycles. The van der Waals surface area contributed by atoms with Crippen LogP contribution in [0.1, 0.15) is 117 Å². The van der Waals surface area contributed by atoms with Gasteiger partial charge in [0.1, 0.15) is 17.4 Å². The fourth-order valence-electron chi connectivity index (χ4n) is 6.55. The van der Waals surface area contributed by atoms with Gasteiger partial charge in [0.15, 0.2) is 0 Å². The Labute approximate surface area is 240 Å². The quantitative estimate of drug-likeness (QED) is 0.207. The highest BCUT2D eigenvalue weighted by Crippen LogP contribution is 2.48. The van der Waals surface area contributed by atoms with Crippen molar-refractivity contribution >= 4 is 5.78 Å². The second kappa shape index (κ2) is 12.8. The molecule has 2 fully saturated rings. The van der Waals surface area contributed by atoms with E-state index in [1.54, 1.807) is 0 Å². The first kappa shape index (κ1) is 28.7. The molecule has 0 saturated heterocycles. The molecule has 0 aliphatic heterocycles. The number of rotatable bonds is 14. The van der Waals surface area contributed by atoms with Gasteiger partial charge < -0.3 is 9.30 Å². The van der Waals surface area contributed by atoms with Gasteiger partial charge in [-0.15, -0.1) is 10.2 Å². The van der Waals surface area contributed by atoms with Gasteiger partial charge in [-0.3, -0.25) is 4.79 Å². The third-order valence-corrected chi connectivity index (χ3v) is 8.78. The molecule has 2 saturated carbocycles. The van der Waals surface area contributed by atoms with Crippen LogP contribution in [0.25, 0.3) is 0 Å². The minimum absolute atomic E-state index is 0.00239. The summed E-state index contributed by atoms with van der Waals surface area (Å²) >= 11 is 0. The van der Waals surface area contributed by atoms with Crippen LogP contribution >= 0.6 is 0 Å². The van der Waals surface area contributed by atoms with Gasteiger partial charge in [-0.25, -0.2) is 0 Å². The first-order valence-corrected chi connectivity index (χ1v) is 15.4. The van der Waals surface area contributed by atoms with Crippen LogP contribution in [0.4, 0.5) is 0 Å². The van der Waals surface area contributed by atoms with Crippen LogP contribution in [0.2, 0.25) is 0 Å². The van der Waals surface area contributed by atoms with Crippen molar-refractivity contribution in [3.63, 3.8) is 0 Å². The number of carbonyl (C=O) groups excluding carboxylic acids is 1. The molecule has 3 aromatic rings. The van der Waals surface area contributed by atoms with Crippen LogP contribution in [0.5, 0.6) is 0 Å². The number of hydrogen-bond donors (Lipinski definition) is 0. The maximum absolute atomic E-state index is 13.5. The Bertz CT molecular complexity index is 1270. The van der Waals surface area contributed by atoms with E-state index in [1.165, 1.54) is 54.6 Å². The summed E-state index contributed by atoms with van der Waals surface area (Å²) in [5.41, 5.74) is 4.71. The van der Waals surface area contributed by atoms with Gasteiger partial charge in [-0.05, 0) is 87.8 Å². The van der Waals surface area contributed by atoms with E-state index in [0.29, 0.717) is 31.4 Å². The first-order chi connectivity index (χ1) is 19.3. The zero-order chi connectivity index (χ0) is 28.2. The predicted molar refractivity (Wildman–Crippen MR) is 161 cm³/mol. The highest BCUT2D eigenvalue weighted by Gasteiger charge is 2.40. The topological polar surface area (TPSA) is 57.0 Å². The van der Waals surface area contributed by atoms with Crippen LogP contribution in [-0.4, -0.2) is 26.7 Å². The third kappa shape index (κ3) is 7.28. The normalized spacial score (nSPS) is 20.4. The summed E-state index contributed by atoms with van der Waals surface area (Å²) in [6.45, 7) is 11.5. The Hall–Kier alpha value is -2.79. The molecule has 0 unspecified atom stereocenters. The van der Waals surface area contributed by atoms with Crippen molar-refractivity contribution in [1.82, 2.24) is 14.8 Å². The molecule has 5 rings (SSSR count). The number of aromatic nitrogens is 3. The van der Waals surface area contributed by atoms with Gasteiger partial charge in [-0.2, -0.15) is 0 Å². The van der Waals surface area contributed by atoms with Gasteiger partial charge in [0, 0.05) is 30.7 Å². The van der Waals surface area contributed by atoms with Crippen molar-refractivity contribution < 1.29 is 9.53 Å². The number of nitrogens with zero attached hydrogens (tertiary/aromatic N) is 3. The van der Waals surface area contributed by atoms with Gasteiger partial charge >= 0.3 is 0 Å². The monoisotopic (exact) mass is 541 g/mol. The molecule has 0 radical (unpaired) electrons. The summed E-state index contributed by atoms with van der Waals surface area (Å²) in [5, 5.41) is 9.64. The van der Waals surface area contributed by atoms with E-state index in [4.69, 9.17) is 14.9 Å². The van der Waals surface area contributed by atoms with Crippen molar-refractivity contribution in [1.29, 1.82) is 0 Å². The largest absolute Gasteiger partial charge is 0.374 e. The Morgan fingerprint density at radius 3 is 2.45 bits per heavy atom. The van der Waals surface area contributed by atoms with Gasteiger partial charge in [0.2, 0.25) is 0 Å². The van der Waals surface area contributed by atoms with E-state index in [2.05, 4.69) is 69.5 Å². The lowest BCUT2D eigenvalue weighted by Crippen LogP contribution is -2.27. The zero-order valence-corrected chi connectivity index (χ0v) is 25.1. The molecule has 0 N–H and O–H groups in total. The Kier molecular flexibility index (Phi) is 9.20. The molecule has 2 atom stereocenters. The minimum atomic E-state index is -0.00239. The average molecular weight is 542 g/mol. The van der Waals surface area contributed by atoms with Crippen molar-refractivity contribution in [2.45, 2.75) is 117 Å². The van der Waals surface area contributed by atoms with Gasteiger partial charge in [0.25, 0.3) is 0 Å². The molecule has 1 aromatic heterocycles. The summed E-state index contributed by atoms with van der Waals surface area (Å²) in [5.74, 6) is 4.49. The Balaban J connectivity index is 1.34. The van der Waals surface area contributed by atoms with Gasteiger partial charge in [0.05, 0.1) is 12.7 Å². The number of ether oxygens (including phenoxy) is 1. The lowest BCUT2D eigenvalue weighted by Gasteiger charge is -2.36. The van der Waals surface area contributed by atoms with E-state index < -0.39 is 0 Å². The highest BCUT2D eigenvalue weighted by molar-refractivity contribution is 5.82. The molecule has 214 valence electrons. The summed E-state index contributed by atoms with van der Waals surface area (Å²) in [7, 11) is 0. The standard InChI is InChI=1S/C35H47N3O2/c1-23(2)15-28-18-31(19-28)35-37-36-34(38(35)32-13-14-32)30(17-26(5)40-22-27-9-7-6-8-10-27)21-33(39)20-29-12-11-24(3)16-25(29)4/h6-12,16,23,26,28,30-32H,13-15,17-22H2,1-5H3/t26-,28?,30+,31?/m0/s1. The van der Waals surface area contributed by atoms with Crippen LogP contribution in [0.3, 0.4) is 0 Å². The summed E-state index contributed by atoms with van der Waals surface area (Å²) < 4.78 is 8.75. The van der Waals surface area contributed by atoms with E-state index in [0.717, 1.165) is 29.6 Å². The lowest BCUT2D eigenvalue weighted by atomic mass is 9.71. The molecule has 2 aliphatic carbocycles. The third-order valence-electron chi connectivity index (χ3n) is 8.78. The van der Waals surface area contributed by atoms with Crippen molar-refractivity contribution in [3.05, 3.63) is 82.4 Å². The smallest absolute Gasteiger partial charge is 0.138 e. The minimum Gasteiger partial charge on any atom is -0.374 e. The SMILES string of the molecule is Cc1ccc(CC(=O)C[C@@H](C[C@H](C)OCc2ccccc2)c2nnc(C3CC(CC(C)C)C3)n2C2CC2)c(C)c1. The second-order valence-electron chi connectivity index (χ2n) is 13.1. The van der Waals surface area contributed by atoms with Crippen molar-refractivity contribution in [2.24, 2.45) is 11.8 Å². The number of hydrogen-bond acceptors (Lipinski definition) is 4. The number of benzene rings is 2. The fraction of sp³-hybridized carbons (Fsp3) is 0.571. The molecule has 5 heteroatoms. The first-order valence-electron chi connectivity index (χ1n) is 15.4. The van der Waals surface area contributed by atoms with Crippen LogP contribution in [0.15, 0.2) is 48.5 Å². The number of aryl methyl sites for hydroxylation is 2. The number of Topliss-reactive ketones (excluding diaryl/α,β-unsaturated/α-hetero) is 1. The maximum atomic E-state index is 13.5. The van der Waals surface area contributed by atoms with Crippen molar-refractivity contribution in [2.75, 3.05) is 0 Å². The van der Waals surface area contributed by atoms with Gasteiger partial charge in [-0.1, -0.05) is 67.9 Å². The molecular weight excluding hydrogens is 494 g/mol. The summed E-state index contributed by atoms with van der Waals surface area (Å²) in [6, 6.07) is 17.2. The van der Waals surface area contributed by atoms with E-state index in [-0.39, 0.29) is 17.8 Å².